The number of aryl methyl sites for hydroxylation is 1. The summed E-state index contributed by atoms with van der Waals surface area (Å²) in [5.74, 6) is 2.96. The molecule has 5 aliphatic heterocycles. The predicted molar refractivity (Wildman–Crippen MR) is 211 cm³/mol. The second-order valence-electron chi connectivity index (χ2n) is 15.0. The number of esters is 1. The van der Waals surface area contributed by atoms with Crippen molar-refractivity contribution < 1.29 is 43.4 Å². The zero-order valence-corrected chi connectivity index (χ0v) is 34.4. The first-order valence-electron chi connectivity index (χ1n) is 19.2. The van der Waals surface area contributed by atoms with Gasteiger partial charge in [0.2, 0.25) is 6.79 Å². The monoisotopic (exact) mass is 777 g/mol. The summed E-state index contributed by atoms with van der Waals surface area (Å²) in [7, 11) is 6.92. The zero-order valence-electron chi connectivity index (χ0n) is 33.6. The van der Waals surface area contributed by atoms with E-state index in [1.54, 1.807) is 38.1 Å². The number of piperazine rings is 1. The molecule has 0 aliphatic carbocycles. The van der Waals surface area contributed by atoms with Gasteiger partial charge in [0.25, 0.3) is 0 Å². The SMILES string of the molecule is CC.COc1cc2c(cc1O)CCN[C@]21CSC(C)C2C3c4c(cc(C)c(OC)c4O)CC(CN2C(c2c(C)c(OC)c(C)c4c2OCO4)COC1=O)N3C. The highest BCUT2D eigenvalue weighted by atomic mass is 32.2. The molecule has 5 heterocycles. The van der Waals surface area contributed by atoms with Gasteiger partial charge >= 0.3 is 5.97 Å². The molecule has 3 N–H and O–H groups in total. The van der Waals surface area contributed by atoms with Crippen molar-refractivity contribution in [1.82, 2.24) is 15.1 Å². The number of carbonyl (C=O) groups is 1. The summed E-state index contributed by atoms with van der Waals surface area (Å²) in [5.41, 5.74) is 5.93. The Morgan fingerprint density at radius 2 is 1.65 bits per heavy atom. The van der Waals surface area contributed by atoms with Crippen LogP contribution in [-0.2, 0) is 27.9 Å². The molecule has 0 aromatic heterocycles. The van der Waals surface area contributed by atoms with Crippen molar-refractivity contribution in [2.75, 3.05) is 60.6 Å². The molecule has 6 atom stereocenters. The molecule has 13 heteroatoms. The lowest BCUT2D eigenvalue weighted by atomic mass is 9.77. The maximum Gasteiger partial charge on any atom is 0.331 e. The quantitative estimate of drug-likeness (QED) is 0.274. The number of nitrogens with zero attached hydrogens (tertiary/aromatic N) is 2. The van der Waals surface area contributed by atoms with Gasteiger partial charge in [-0.3, -0.25) is 15.1 Å². The van der Waals surface area contributed by atoms with Crippen LogP contribution in [0.2, 0.25) is 0 Å². The smallest absolute Gasteiger partial charge is 0.331 e. The van der Waals surface area contributed by atoms with E-state index < -0.39 is 17.6 Å². The fraction of sp³-hybridized carbons (Fsp3) is 0.548. The number of aromatic hydroxyl groups is 2. The third-order valence-electron chi connectivity index (χ3n) is 12.3. The van der Waals surface area contributed by atoms with Crippen LogP contribution in [-0.4, -0.2) is 104 Å². The molecule has 3 aromatic carbocycles. The molecule has 1 spiro atoms. The van der Waals surface area contributed by atoms with Gasteiger partial charge in [-0.1, -0.05) is 26.8 Å². The van der Waals surface area contributed by atoms with Gasteiger partial charge in [-0.2, -0.15) is 11.8 Å². The summed E-state index contributed by atoms with van der Waals surface area (Å²) in [6, 6.07) is 4.92. The van der Waals surface area contributed by atoms with E-state index >= 15 is 0 Å². The number of hydrogen-bond donors (Lipinski definition) is 3. The number of fused-ring (bicyclic) bond motifs is 9. The minimum absolute atomic E-state index is 0.0305. The number of cyclic esters (lactones) is 1. The van der Waals surface area contributed by atoms with Gasteiger partial charge in [-0.05, 0) is 75.0 Å². The molecule has 298 valence electrons. The van der Waals surface area contributed by atoms with Crippen LogP contribution >= 0.6 is 11.8 Å². The van der Waals surface area contributed by atoms with Crippen molar-refractivity contribution in [2.45, 2.75) is 89.3 Å². The summed E-state index contributed by atoms with van der Waals surface area (Å²) < 4.78 is 36.2. The first kappa shape index (κ1) is 39.2. The number of nitrogens with one attached hydrogen (secondary N) is 1. The Kier molecular flexibility index (Phi) is 10.8. The number of thioether (sulfide) groups is 1. The second kappa shape index (κ2) is 15.1. The van der Waals surface area contributed by atoms with Crippen LogP contribution in [0.3, 0.4) is 0 Å². The van der Waals surface area contributed by atoms with Gasteiger partial charge in [0.15, 0.2) is 40.0 Å². The molecule has 2 bridgehead atoms. The Morgan fingerprint density at radius 3 is 2.36 bits per heavy atom. The summed E-state index contributed by atoms with van der Waals surface area (Å²) in [6.45, 7) is 13.5. The first-order chi connectivity index (χ1) is 26.4. The first-order valence-corrected chi connectivity index (χ1v) is 20.3. The molecule has 0 amide bonds. The number of hydrogen-bond acceptors (Lipinski definition) is 13. The number of benzene rings is 3. The van der Waals surface area contributed by atoms with Gasteiger partial charge < -0.3 is 38.6 Å². The van der Waals surface area contributed by atoms with Crippen LogP contribution in [0, 0.1) is 20.8 Å². The predicted octanol–water partition coefficient (Wildman–Crippen LogP) is 5.85. The average Bonchev–Trinajstić information content (AvgIpc) is 3.66. The van der Waals surface area contributed by atoms with Crippen LogP contribution in [0.15, 0.2) is 18.2 Å². The maximum absolute atomic E-state index is 14.8. The fourth-order valence-corrected chi connectivity index (χ4v) is 11.2. The van der Waals surface area contributed by atoms with Crippen LogP contribution in [0.25, 0.3) is 0 Å². The Bertz CT molecular complexity index is 1990. The molecule has 2 fully saturated rings. The Labute approximate surface area is 328 Å². The van der Waals surface area contributed by atoms with Gasteiger partial charge in [-0.15, -0.1) is 0 Å². The van der Waals surface area contributed by atoms with Crippen molar-refractivity contribution in [2.24, 2.45) is 0 Å². The Hall–Kier alpha value is -4.04. The normalized spacial score (nSPS) is 27.2. The van der Waals surface area contributed by atoms with E-state index in [1.807, 2.05) is 34.6 Å². The summed E-state index contributed by atoms with van der Waals surface area (Å²) in [5, 5.41) is 26.2. The molecular formula is C42H55N3O9S. The second-order valence-corrected chi connectivity index (χ2v) is 16.3. The molecule has 55 heavy (non-hydrogen) atoms. The third kappa shape index (κ3) is 6.04. The zero-order chi connectivity index (χ0) is 39.5. The van der Waals surface area contributed by atoms with Crippen LogP contribution in [0.1, 0.15) is 77.4 Å². The fourth-order valence-electron chi connectivity index (χ4n) is 9.84. The molecule has 5 aliphatic rings. The molecule has 8 rings (SSSR count). The molecule has 5 unspecified atom stereocenters. The van der Waals surface area contributed by atoms with E-state index in [9.17, 15) is 15.0 Å². The number of phenolic OH excluding ortho intramolecular Hbond substituents is 2. The van der Waals surface area contributed by atoms with Crippen LogP contribution in [0.5, 0.6) is 40.2 Å². The standard InChI is InChI=1S/C40H49N3O9S.C2H6/c1-19-11-24-12-25-15-43-27(30-20(2)36(49-8)21(3)37-38(30)52-18-51-37)16-50-39(46)40(26-14-29(47-6)28(44)13-23(26)9-10-41-40)17-53-22(4)32(43)33(42(25)5)31(24)34(45)35(19)48-7;1-2/h11,13-14,22,25,27,32-33,41,44-45H,9-10,12,15-18H2,1-8H3;1-2H3/t22?,25?,27?,32?,33?,40-;/m1./s1. The average molecular weight is 778 g/mol. The minimum atomic E-state index is -1.21. The van der Waals surface area contributed by atoms with E-state index in [2.05, 4.69) is 35.2 Å². The largest absolute Gasteiger partial charge is 0.504 e. The number of rotatable bonds is 4. The third-order valence-corrected chi connectivity index (χ3v) is 13.7. The summed E-state index contributed by atoms with van der Waals surface area (Å²) >= 11 is 1.70. The number of carbonyl (C=O) groups excluding carboxylic acids is 1. The highest BCUT2D eigenvalue weighted by Gasteiger charge is 2.54. The Balaban J connectivity index is 0.00000229. The molecule has 0 saturated carbocycles. The van der Waals surface area contributed by atoms with Crippen molar-refractivity contribution in [3.8, 4) is 40.2 Å². The molecule has 2 saturated heterocycles. The van der Waals surface area contributed by atoms with Crippen molar-refractivity contribution >= 4 is 17.7 Å². The van der Waals surface area contributed by atoms with Crippen molar-refractivity contribution in [3.63, 3.8) is 0 Å². The van der Waals surface area contributed by atoms with Crippen LogP contribution in [0.4, 0.5) is 0 Å². The molecular weight excluding hydrogens is 723 g/mol. The number of phenols is 2. The van der Waals surface area contributed by atoms with E-state index in [4.69, 9.17) is 28.4 Å². The van der Waals surface area contributed by atoms with Crippen LogP contribution < -0.4 is 29.0 Å². The van der Waals surface area contributed by atoms with E-state index in [-0.39, 0.29) is 48.3 Å². The molecule has 0 radical (unpaired) electrons. The van der Waals surface area contributed by atoms with Gasteiger partial charge in [-0.25, -0.2) is 4.79 Å². The lowest BCUT2D eigenvalue weighted by Gasteiger charge is -2.58. The highest BCUT2D eigenvalue weighted by Crippen LogP contribution is 2.55. The van der Waals surface area contributed by atoms with E-state index in [0.717, 1.165) is 50.9 Å². The lowest BCUT2D eigenvalue weighted by molar-refractivity contribution is -0.155. The Morgan fingerprint density at radius 1 is 0.927 bits per heavy atom. The number of methoxy groups -OCH3 is 3. The topological polar surface area (TPSA) is 131 Å². The van der Waals surface area contributed by atoms with Gasteiger partial charge in [0, 0.05) is 58.4 Å². The summed E-state index contributed by atoms with van der Waals surface area (Å²) in [6.07, 6.45) is 1.38. The summed E-state index contributed by atoms with van der Waals surface area (Å²) in [4.78, 5) is 19.7. The van der Waals surface area contributed by atoms with Crippen molar-refractivity contribution in [3.05, 3.63) is 62.7 Å². The molecule has 3 aromatic rings. The lowest BCUT2D eigenvalue weighted by Crippen LogP contribution is -2.65. The van der Waals surface area contributed by atoms with Crippen molar-refractivity contribution in [1.29, 1.82) is 0 Å². The van der Waals surface area contributed by atoms with E-state index in [0.29, 0.717) is 54.0 Å². The number of ether oxygens (including phenoxy) is 6. The number of likely N-dealkylation sites (N-methyl/N-ethyl adjacent to an activating group) is 1. The minimum Gasteiger partial charge on any atom is -0.504 e. The van der Waals surface area contributed by atoms with Gasteiger partial charge in [0.1, 0.15) is 12.4 Å². The van der Waals surface area contributed by atoms with E-state index in [1.165, 1.54) is 7.11 Å². The maximum atomic E-state index is 14.8. The molecule has 12 nitrogen and oxygen atoms in total. The van der Waals surface area contributed by atoms with Gasteiger partial charge in [0.05, 0.1) is 33.4 Å². The highest BCUT2D eigenvalue weighted by molar-refractivity contribution is 8.00.